The molecular formula is C12H12N2O3. The molecule has 0 bridgehead atoms. The lowest BCUT2D eigenvalue weighted by atomic mass is 10.1. The smallest absolute Gasteiger partial charge is 0.405 e. The molecule has 0 saturated carbocycles. The number of benzene rings is 1. The molecule has 1 unspecified atom stereocenters. The summed E-state index contributed by atoms with van der Waals surface area (Å²) >= 11 is 0. The van der Waals surface area contributed by atoms with Crippen LogP contribution in [0.4, 0.5) is 10.5 Å². The highest BCUT2D eigenvalue weighted by Crippen LogP contribution is 2.24. The van der Waals surface area contributed by atoms with Crippen LogP contribution in [0.3, 0.4) is 0 Å². The fraction of sp³-hybridized carbons (Fsp3) is 0.167. The molecule has 0 fully saturated rings. The topological polar surface area (TPSA) is 69.6 Å². The Kier molecular flexibility index (Phi) is 2.82. The summed E-state index contributed by atoms with van der Waals surface area (Å²) in [5.74, 6) is -0.298. The van der Waals surface area contributed by atoms with Gasteiger partial charge in [0.1, 0.15) is 6.04 Å². The van der Waals surface area contributed by atoms with Crippen LogP contribution in [0.25, 0.3) is 6.08 Å². The second kappa shape index (κ2) is 4.29. The van der Waals surface area contributed by atoms with Gasteiger partial charge in [-0.05, 0) is 11.6 Å². The molecule has 0 saturated heterocycles. The van der Waals surface area contributed by atoms with E-state index < -0.39 is 12.1 Å². The van der Waals surface area contributed by atoms with E-state index in [-0.39, 0.29) is 5.91 Å². The highest BCUT2D eigenvalue weighted by molar-refractivity contribution is 6.02. The van der Waals surface area contributed by atoms with Gasteiger partial charge in [-0.25, -0.2) is 4.79 Å². The Morgan fingerprint density at radius 1 is 1.41 bits per heavy atom. The van der Waals surface area contributed by atoms with E-state index in [1.54, 1.807) is 19.2 Å². The van der Waals surface area contributed by atoms with E-state index in [1.165, 1.54) is 4.90 Å². The average molecular weight is 232 g/mol. The Balaban J connectivity index is 2.38. The monoisotopic (exact) mass is 232 g/mol. The zero-order valence-corrected chi connectivity index (χ0v) is 9.25. The van der Waals surface area contributed by atoms with Gasteiger partial charge in [0.25, 0.3) is 5.91 Å². The van der Waals surface area contributed by atoms with Gasteiger partial charge in [0.2, 0.25) is 0 Å². The summed E-state index contributed by atoms with van der Waals surface area (Å²) in [5, 5.41) is 10.8. The molecule has 1 aromatic rings. The van der Waals surface area contributed by atoms with Gasteiger partial charge in [-0.3, -0.25) is 4.79 Å². The van der Waals surface area contributed by atoms with Gasteiger partial charge >= 0.3 is 6.09 Å². The highest BCUT2D eigenvalue weighted by Gasteiger charge is 2.25. The summed E-state index contributed by atoms with van der Waals surface area (Å²) in [7, 11) is 1.63. The predicted octanol–water partition coefficient (Wildman–Crippen LogP) is 1.31. The van der Waals surface area contributed by atoms with Crippen LogP contribution in [-0.2, 0) is 4.79 Å². The molecule has 2 N–H and O–H groups in total. The molecule has 0 spiro atoms. The Bertz CT molecular complexity index is 496. The third-order valence-electron chi connectivity index (χ3n) is 2.64. The standard InChI is InChI=1S/C12H12N2O3/c1-14-10-5-3-2-4-8(10)6-7-9(11(14)15)13-12(16)17/h2-7,9,13H,1H3,(H,16,17). The van der Waals surface area contributed by atoms with Crippen molar-refractivity contribution in [3.63, 3.8) is 0 Å². The van der Waals surface area contributed by atoms with Crippen molar-refractivity contribution in [2.75, 3.05) is 11.9 Å². The van der Waals surface area contributed by atoms with Crippen molar-refractivity contribution in [3.8, 4) is 0 Å². The number of likely N-dealkylation sites (N-methyl/N-ethyl adjacent to an activating group) is 1. The number of carbonyl (C=O) groups is 2. The molecule has 0 aliphatic carbocycles. The van der Waals surface area contributed by atoms with Crippen LogP contribution < -0.4 is 10.2 Å². The number of anilines is 1. The van der Waals surface area contributed by atoms with Crippen molar-refractivity contribution < 1.29 is 14.7 Å². The first-order valence-electron chi connectivity index (χ1n) is 5.14. The second-order valence-electron chi connectivity index (χ2n) is 3.74. The van der Waals surface area contributed by atoms with E-state index >= 15 is 0 Å². The molecule has 2 rings (SSSR count). The molecule has 5 nitrogen and oxygen atoms in total. The van der Waals surface area contributed by atoms with Gasteiger partial charge in [-0.2, -0.15) is 0 Å². The molecule has 1 aliphatic heterocycles. The van der Waals surface area contributed by atoms with Crippen LogP contribution in [0.1, 0.15) is 5.56 Å². The molecule has 1 atom stereocenters. The van der Waals surface area contributed by atoms with Crippen molar-refractivity contribution in [1.82, 2.24) is 5.32 Å². The van der Waals surface area contributed by atoms with E-state index in [2.05, 4.69) is 5.32 Å². The van der Waals surface area contributed by atoms with Gasteiger partial charge in [0, 0.05) is 7.05 Å². The molecule has 88 valence electrons. The molecule has 17 heavy (non-hydrogen) atoms. The number of para-hydroxylation sites is 1. The van der Waals surface area contributed by atoms with Crippen LogP contribution in [0.2, 0.25) is 0 Å². The third-order valence-corrected chi connectivity index (χ3v) is 2.64. The molecule has 1 heterocycles. The van der Waals surface area contributed by atoms with Gasteiger partial charge in [0.15, 0.2) is 0 Å². The molecule has 0 radical (unpaired) electrons. The predicted molar refractivity (Wildman–Crippen MR) is 63.8 cm³/mol. The van der Waals surface area contributed by atoms with Crippen LogP contribution in [0, 0.1) is 0 Å². The summed E-state index contributed by atoms with van der Waals surface area (Å²) in [6.45, 7) is 0. The van der Waals surface area contributed by atoms with Gasteiger partial charge in [-0.15, -0.1) is 0 Å². The first-order chi connectivity index (χ1) is 8.09. The highest BCUT2D eigenvalue weighted by atomic mass is 16.4. The minimum absolute atomic E-state index is 0.298. The number of carboxylic acid groups (broad SMARTS) is 1. The maximum absolute atomic E-state index is 12.0. The first kappa shape index (κ1) is 11.2. The van der Waals surface area contributed by atoms with Gasteiger partial charge in [-0.1, -0.05) is 30.4 Å². The SMILES string of the molecule is CN1C(=O)C(NC(=O)O)C=Cc2ccccc21. The lowest BCUT2D eigenvalue weighted by molar-refractivity contribution is -0.119. The van der Waals surface area contributed by atoms with Crippen LogP contribution >= 0.6 is 0 Å². The number of amides is 2. The van der Waals surface area contributed by atoms with Crippen molar-refractivity contribution in [1.29, 1.82) is 0 Å². The normalized spacial score (nSPS) is 18.5. The Morgan fingerprint density at radius 2 is 2.12 bits per heavy atom. The molecule has 1 aliphatic rings. The summed E-state index contributed by atoms with van der Waals surface area (Å²) in [4.78, 5) is 24.0. The number of fused-ring (bicyclic) bond motifs is 1. The Labute approximate surface area is 98.4 Å². The van der Waals surface area contributed by atoms with Gasteiger partial charge < -0.3 is 15.3 Å². The maximum Gasteiger partial charge on any atom is 0.405 e. The largest absolute Gasteiger partial charge is 0.465 e. The van der Waals surface area contributed by atoms with Crippen LogP contribution in [-0.4, -0.2) is 30.2 Å². The summed E-state index contributed by atoms with van der Waals surface area (Å²) in [5.41, 5.74) is 1.65. The van der Waals surface area contributed by atoms with E-state index in [4.69, 9.17) is 5.11 Å². The first-order valence-corrected chi connectivity index (χ1v) is 5.14. The fourth-order valence-corrected chi connectivity index (χ4v) is 1.79. The summed E-state index contributed by atoms with van der Waals surface area (Å²) in [6, 6.07) is 6.55. The lowest BCUT2D eigenvalue weighted by Crippen LogP contribution is -2.45. The minimum Gasteiger partial charge on any atom is -0.465 e. The van der Waals surface area contributed by atoms with Crippen LogP contribution in [0.5, 0.6) is 0 Å². The number of rotatable bonds is 1. The third kappa shape index (κ3) is 2.13. The number of hydrogen-bond acceptors (Lipinski definition) is 2. The molecule has 0 aromatic heterocycles. The molecule has 5 heteroatoms. The quantitative estimate of drug-likeness (QED) is 0.767. The number of nitrogens with zero attached hydrogens (tertiary/aromatic N) is 1. The Hall–Kier alpha value is -2.30. The lowest BCUT2D eigenvalue weighted by Gasteiger charge is -2.20. The Morgan fingerprint density at radius 3 is 2.82 bits per heavy atom. The number of hydrogen-bond donors (Lipinski definition) is 2. The average Bonchev–Trinajstić information content (AvgIpc) is 2.42. The summed E-state index contributed by atoms with van der Waals surface area (Å²) in [6.07, 6.45) is 2.09. The van der Waals surface area contributed by atoms with E-state index in [0.717, 1.165) is 11.3 Å². The van der Waals surface area contributed by atoms with Crippen LogP contribution in [0.15, 0.2) is 30.3 Å². The van der Waals surface area contributed by atoms with Crippen molar-refractivity contribution in [2.45, 2.75) is 6.04 Å². The van der Waals surface area contributed by atoms with Crippen molar-refractivity contribution in [2.24, 2.45) is 0 Å². The van der Waals surface area contributed by atoms with Crippen molar-refractivity contribution in [3.05, 3.63) is 35.9 Å². The zero-order chi connectivity index (χ0) is 12.4. The molecular weight excluding hydrogens is 220 g/mol. The minimum atomic E-state index is -1.22. The molecule has 1 aromatic carbocycles. The van der Waals surface area contributed by atoms with Crippen molar-refractivity contribution >= 4 is 23.8 Å². The van der Waals surface area contributed by atoms with E-state index in [9.17, 15) is 9.59 Å². The van der Waals surface area contributed by atoms with Gasteiger partial charge in [0.05, 0.1) is 5.69 Å². The van der Waals surface area contributed by atoms with E-state index in [0.29, 0.717) is 0 Å². The fourth-order valence-electron chi connectivity index (χ4n) is 1.79. The maximum atomic E-state index is 12.0. The number of carbonyl (C=O) groups excluding carboxylic acids is 1. The number of nitrogens with one attached hydrogen (secondary N) is 1. The second-order valence-corrected chi connectivity index (χ2v) is 3.74. The molecule has 2 amide bonds. The van der Waals surface area contributed by atoms with E-state index in [1.807, 2.05) is 24.3 Å². The zero-order valence-electron chi connectivity index (χ0n) is 9.25. The summed E-state index contributed by atoms with van der Waals surface area (Å²) < 4.78 is 0.